The van der Waals surface area contributed by atoms with E-state index in [1.165, 1.54) is 30.8 Å². The van der Waals surface area contributed by atoms with E-state index in [0.717, 1.165) is 30.7 Å². The summed E-state index contributed by atoms with van der Waals surface area (Å²) in [5.74, 6) is 0.729. The summed E-state index contributed by atoms with van der Waals surface area (Å²) >= 11 is 3.73. The first-order valence-electron chi connectivity index (χ1n) is 7.74. The third kappa shape index (κ3) is 2.20. The zero-order chi connectivity index (χ0) is 13.8. The van der Waals surface area contributed by atoms with Crippen molar-refractivity contribution >= 4 is 27.8 Å². The zero-order valence-corrected chi connectivity index (χ0v) is 13.5. The van der Waals surface area contributed by atoms with Crippen LogP contribution in [0.5, 0.6) is 0 Å². The van der Waals surface area contributed by atoms with Crippen LogP contribution in [0, 0.1) is 0 Å². The van der Waals surface area contributed by atoms with Crippen LogP contribution in [0.1, 0.15) is 34.2 Å². The highest BCUT2D eigenvalue weighted by atomic mass is 32.1. The second-order valence-electron chi connectivity index (χ2n) is 6.35. The molecule has 21 heavy (non-hydrogen) atoms. The maximum atomic E-state index is 4.38. The van der Waals surface area contributed by atoms with Crippen molar-refractivity contribution in [2.24, 2.45) is 0 Å². The molecule has 1 saturated carbocycles. The molecule has 0 amide bonds. The fraction of sp³-hybridized carbons (Fsp3) is 0.600. The highest BCUT2D eigenvalue weighted by Gasteiger charge is 2.36. The first-order chi connectivity index (χ1) is 10.4. The van der Waals surface area contributed by atoms with Crippen molar-refractivity contribution in [3.05, 3.63) is 26.9 Å². The molecule has 1 aliphatic carbocycles. The molecule has 110 valence electrons. The second-order valence-corrected chi connectivity index (χ2v) is 8.33. The summed E-state index contributed by atoms with van der Waals surface area (Å²) in [6, 6.07) is 3.00. The fourth-order valence-electron chi connectivity index (χ4n) is 3.27. The molecule has 4 nitrogen and oxygen atoms in total. The van der Waals surface area contributed by atoms with E-state index in [1.807, 2.05) is 22.7 Å². The van der Waals surface area contributed by atoms with Crippen LogP contribution in [0.2, 0.25) is 0 Å². The van der Waals surface area contributed by atoms with E-state index in [0.29, 0.717) is 6.04 Å². The van der Waals surface area contributed by atoms with Gasteiger partial charge in [0.2, 0.25) is 5.13 Å². The van der Waals surface area contributed by atoms with Crippen LogP contribution >= 0.6 is 22.7 Å². The topological polar surface area (TPSA) is 32.3 Å². The monoisotopic (exact) mass is 318 g/mol. The molecular formula is C15H18N4S2. The van der Waals surface area contributed by atoms with Crippen LogP contribution in [0.3, 0.4) is 0 Å². The number of nitrogens with zero attached hydrogens (tertiary/aromatic N) is 4. The van der Waals surface area contributed by atoms with Gasteiger partial charge in [0.1, 0.15) is 5.01 Å². The average molecular weight is 318 g/mol. The maximum absolute atomic E-state index is 4.38. The van der Waals surface area contributed by atoms with E-state index in [9.17, 15) is 0 Å². The number of hydrogen-bond acceptors (Lipinski definition) is 6. The van der Waals surface area contributed by atoms with Crippen molar-refractivity contribution in [3.8, 4) is 0 Å². The van der Waals surface area contributed by atoms with E-state index in [-0.39, 0.29) is 0 Å². The fourth-order valence-corrected chi connectivity index (χ4v) is 5.19. The lowest BCUT2D eigenvalue weighted by Crippen LogP contribution is -2.60. The number of anilines is 1. The lowest BCUT2D eigenvalue weighted by molar-refractivity contribution is 0.151. The minimum absolute atomic E-state index is 0.700. The highest BCUT2D eigenvalue weighted by Crippen LogP contribution is 2.43. The molecule has 3 aliphatic rings. The quantitative estimate of drug-likeness (QED) is 0.871. The Kier molecular flexibility index (Phi) is 2.85. The number of thiophene rings is 1. The van der Waals surface area contributed by atoms with Crippen molar-refractivity contribution in [1.29, 1.82) is 0 Å². The molecule has 0 unspecified atom stereocenters. The van der Waals surface area contributed by atoms with E-state index < -0.39 is 0 Å². The van der Waals surface area contributed by atoms with Crippen LogP contribution in [-0.4, -0.2) is 40.8 Å². The van der Waals surface area contributed by atoms with E-state index >= 15 is 0 Å². The van der Waals surface area contributed by atoms with Crippen molar-refractivity contribution in [1.82, 2.24) is 15.1 Å². The van der Waals surface area contributed by atoms with Gasteiger partial charge in [-0.25, -0.2) is 0 Å². The van der Waals surface area contributed by atoms with Crippen LogP contribution in [0.4, 0.5) is 5.13 Å². The lowest BCUT2D eigenvalue weighted by Gasteiger charge is -2.46. The Labute approximate surface area is 132 Å². The average Bonchev–Trinajstić information content (AvgIpc) is 3.00. The normalized spacial score (nSPS) is 23.1. The molecule has 2 aromatic rings. The Bertz CT molecular complexity index is 654. The predicted molar refractivity (Wildman–Crippen MR) is 86.3 cm³/mol. The number of rotatable bonds is 3. The predicted octanol–water partition coefficient (Wildman–Crippen LogP) is 2.72. The SMILES string of the molecule is c1cc2c(s1)CCN(C1CN(c3nnc(C4CC4)s3)C1)C2. The van der Waals surface area contributed by atoms with Gasteiger partial charge in [0.25, 0.3) is 0 Å². The minimum Gasteiger partial charge on any atom is -0.343 e. The van der Waals surface area contributed by atoms with Crippen LogP contribution in [0.15, 0.2) is 11.4 Å². The first-order valence-corrected chi connectivity index (χ1v) is 9.44. The molecule has 1 saturated heterocycles. The Morgan fingerprint density at radius 3 is 2.95 bits per heavy atom. The summed E-state index contributed by atoms with van der Waals surface area (Å²) in [5, 5.41) is 13.4. The van der Waals surface area contributed by atoms with E-state index in [2.05, 4.69) is 31.4 Å². The molecule has 5 rings (SSSR count). The summed E-state index contributed by atoms with van der Waals surface area (Å²) in [5.41, 5.74) is 1.55. The molecule has 0 spiro atoms. The summed E-state index contributed by atoms with van der Waals surface area (Å²) in [4.78, 5) is 6.65. The van der Waals surface area contributed by atoms with Gasteiger partial charge in [0.05, 0.1) is 0 Å². The van der Waals surface area contributed by atoms with Crippen molar-refractivity contribution in [2.75, 3.05) is 24.5 Å². The van der Waals surface area contributed by atoms with Crippen molar-refractivity contribution in [2.45, 2.75) is 37.8 Å². The number of aromatic nitrogens is 2. The molecule has 0 radical (unpaired) electrons. The Morgan fingerprint density at radius 2 is 2.10 bits per heavy atom. The van der Waals surface area contributed by atoms with Crippen LogP contribution < -0.4 is 4.90 Å². The van der Waals surface area contributed by atoms with Gasteiger partial charge >= 0.3 is 0 Å². The zero-order valence-electron chi connectivity index (χ0n) is 11.9. The van der Waals surface area contributed by atoms with Gasteiger partial charge in [-0.15, -0.1) is 21.5 Å². The van der Waals surface area contributed by atoms with Crippen LogP contribution in [-0.2, 0) is 13.0 Å². The second kappa shape index (κ2) is 4.76. The molecule has 2 aromatic heterocycles. The van der Waals surface area contributed by atoms with Gasteiger partial charge in [-0.3, -0.25) is 4.90 Å². The summed E-state index contributed by atoms with van der Waals surface area (Å²) < 4.78 is 0. The van der Waals surface area contributed by atoms with Gasteiger partial charge in [-0.2, -0.15) is 0 Å². The molecule has 4 heterocycles. The largest absolute Gasteiger partial charge is 0.343 e. The molecule has 6 heteroatoms. The van der Waals surface area contributed by atoms with Crippen molar-refractivity contribution in [3.63, 3.8) is 0 Å². The van der Waals surface area contributed by atoms with Crippen molar-refractivity contribution < 1.29 is 0 Å². The molecule has 0 atom stereocenters. The molecule has 2 aliphatic heterocycles. The molecular weight excluding hydrogens is 300 g/mol. The molecule has 2 fully saturated rings. The first kappa shape index (κ1) is 12.6. The van der Waals surface area contributed by atoms with Gasteiger partial charge < -0.3 is 4.90 Å². The van der Waals surface area contributed by atoms with E-state index in [1.54, 1.807) is 10.4 Å². The Morgan fingerprint density at radius 1 is 1.19 bits per heavy atom. The molecule has 0 N–H and O–H groups in total. The number of fused-ring (bicyclic) bond motifs is 1. The smallest absolute Gasteiger partial charge is 0.208 e. The van der Waals surface area contributed by atoms with Gasteiger partial charge in [0, 0.05) is 43.0 Å². The lowest BCUT2D eigenvalue weighted by atomic mass is 10.0. The molecule has 0 bridgehead atoms. The van der Waals surface area contributed by atoms with E-state index in [4.69, 9.17) is 0 Å². The Hall–Kier alpha value is -0.980. The Balaban J connectivity index is 1.22. The highest BCUT2D eigenvalue weighted by molar-refractivity contribution is 7.15. The molecule has 0 aromatic carbocycles. The summed E-state index contributed by atoms with van der Waals surface area (Å²) in [6.07, 6.45) is 3.86. The van der Waals surface area contributed by atoms with Crippen LogP contribution in [0.25, 0.3) is 0 Å². The van der Waals surface area contributed by atoms with Gasteiger partial charge in [-0.1, -0.05) is 11.3 Å². The number of hydrogen-bond donors (Lipinski definition) is 0. The summed E-state index contributed by atoms with van der Waals surface area (Å²) in [6.45, 7) is 4.60. The third-order valence-electron chi connectivity index (χ3n) is 4.84. The van der Waals surface area contributed by atoms with Gasteiger partial charge in [-0.05, 0) is 36.3 Å². The maximum Gasteiger partial charge on any atom is 0.208 e. The standard InChI is InChI=1S/C15H18N4S2/c1-2-10(1)14-16-17-15(21-14)19-8-12(9-19)18-5-3-13-11(7-18)4-6-20-13/h4,6,10,12H,1-3,5,7-9H2. The summed E-state index contributed by atoms with van der Waals surface area (Å²) in [7, 11) is 0. The third-order valence-corrected chi connectivity index (χ3v) is 7.01. The minimum atomic E-state index is 0.700. The van der Waals surface area contributed by atoms with Gasteiger partial charge in [0.15, 0.2) is 0 Å².